The quantitative estimate of drug-likeness (QED) is 0.831. The molecule has 2 amide bonds. The standard InChI is InChI=1S/C18H23F3N2O3/c1-12(22-17(25)26-11-13-6-3-2-4-7-13)16(24)23-15-9-5-8-14(10-15)18(19,20)21/h2-4,6-7,12,14-15H,5,8-11H2,1H3,(H,22,25)(H,23,24)/t12-,14-,15+/m0/s1. The first-order chi connectivity index (χ1) is 12.3. The van der Waals surface area contributed by atoms with Crippen molar-refractivity contribution < 1.29 is 27.5 Å². The first kappa shape index (κ1) is 20.1. The van der Waals surface area contributed by atoms with Crippen molar-refractivity contribution in [3.8, 4) is 0 Å². The van der Waals surface area contributed by atoms with Gasteiger partial charge in [0.2, 0.25) is 5.91 Å². The number of nitrogens with one attached hydrogen (secondary N) is 2. The van der Waals surface area contributed by atoms with Gasteiger partial charge in [0.05, 0.1) is 5.92 Å². The molecule has 5 nitrogen and oxygen atoms in total. The normalized spacial score (nSPS) is 21.5. The maximum Gasteiger partial charge on any atom is 0.408 e. The van der Waals surface area contributed by atoms with Gasteiger partial charge >= 0.3 is 12.3 Å². The monoisotopic (exact) mass is 372 g/mol. The number of ether oxygens (including phenoxy) is 1. The Morgan fingerprint density at radius 1 is 1.23 bits per heavy atom. The molecule has 3 atom stereocenters. The second kappa shape index (κ2) is 8.91. The van der Waals surface area contributed by atoms with Gasteiger partial charge in [0.1, 0.15) is 12.6 Å². The fourth-order valence-electron chi connectivity index (χ4n) is 2.95. The summed E-state index contributed by atoms with van der Waals surface area (Å²) in [6, 6.07) is 7.62. The highest BCUT2D eigenvalue weighted by Gasteiger charge is 2.42. The summed E-state index contributed by atoms with van der Waals surface area (Å²) < 4.78 is 43.5. The Labute approximate surface area is 150 Å². The van der Waals surface area contributed by atoms with Gasteiger partial charge in [-0.15, -0.1) is 0 Å². The lowest BCUT2D eigenvalue weighted by Crippen LogP contribution is -2.50. The van der Waals surface area contributed by atoms with Crippen LogP contribution < -0.4 is 10.6 Å². The summed E-state index contributed by atoms with van der Waals surface area (Å²) in [6.07, 6.45) is -4.11. The van der Waals surface area contributed by atoms with Crippen molar-refractivity contribution in [1.29, 1.82) is 0 Å². The Hall–Kier alpha value is -2.25. The molecule has 0 saturated heterocycles. The van der Waals surface area contributed by atoms with Crippen LogP contribution in [0.3, 0.4) is 0 Å². The second-order valence-electron chi connectivity index (χ2n) is 6.54. The van der Waals surface area contributed by atoms with Gasteiger partial charge < -0.3 is 15.4 Å². The second-order valence-corrected chi connectivity index (χ2v) is 6.54. The number of halogens is 3. The van der Waals surface area contributed by atoms with Crippen LogP contribution in [0.25, 0.3) is 0 Å². The van der Waals surface area contributed by atoms with Crippen molar-refractivity contribution in [2.45, 2.75) is 57.5 Å². The van der Waals surface area contributed by atoms with Crippen molar-refractivity contribution in [1.82, 2.24) is 10.6 Å². The minimum atomic E-state index is -4.24. The topological polar surface area (TPSA) is 67.4 Å². The fraction of sp³-hybridized carbons (Fsp3) is 0.556. The molecule has 0 aromatic heterocycles. The van der Waals surface area contributed by atoms with E-state index < -0.39 is 36.2 Å². The van der Waals surface area contributed by atoms with Gasteiger partial charge in [0, 0.05) is 6.04 Å². The van der Waals surface area contributed by atoms with Crippen LogP contribution in [0.2, 0.25) is 0 Å². The molecule has 0 unspecified atom stereocenters. The molecule has 0 bridgehead atoms. The molecule has 0 radical (unpaired) electrons. The minimum Gasteiger partial charge on any atom is -0.445 e. The summed E-state index contributed by atoms with van der Waals surface area (Å²) in [5.41, 5.74) is 0.806. The number of amides is 2. The summed E-state index contributed by atoms with van der Waals surface area (Å²) in [5.74, 6) is -1.91. The average molecular weight is 372 g/mol. The number of carbonyl (C=O) groups excluding carboxylic acids is 2. The molecule has 1 fully saturated rings. The smallest absolute Gasteiger partial charge is 0.408 e. The maximum atomic E-state index is 12.8. The van der Waals surface area contributed by atoms with Gasteiger partial charge in [-0.05, 0) is 31.7 Å². The van der Waals surface area contributed by atoms with E-state index in [9.17, 15) is 22.8 Å². The minimum absolute atomic E-state index is 0.0664. The molecular formula is C18H23F3N2O3. The molecule has 8 heteroatoms. The highest BCUT2D eigenvalue weighted by atomic mass is 19.4. The first-order valence-electron chi connectivity index (χ1n) is 8.60. The van der Waals surface area contributed by atoms with E-state index in [-0.39, 0.29) is 19.4 Å². The van der Waals surface area contributed by atoms with Gasteiger partial charge in [-0.25, -0.2) is 4.79 Å². The number of rotatable bonds is 5. The van der Waals surface area contributed by atoms with Gasteiger partial charge in [-0.1, -0.05) is 36.8 Å². The van der Waals surface area contributed by atoms with Gasteiger partial charge in [0.15, 0.2) is 0 Å². The Morgan fingerprint density at radius 3 is 2.58 bits per heavy atom. The molecule has 1 aromatic carbocycles. The SMILES string of the molecule is C[C@H](NC(=O)OCc1ccccc1)C(=O)N[C@@H]1CCC[C@H](C(F)(F)F)C1. The molecular weight excluding hydrogens is 349 g/mol. The van der Waals surface area contributed by atoms with Crippen LogP contribution in [0.5, 0.6) is 0 Å². The first-order valence-corrected chi connectivity index (χ1v) is 8.60. The molecule has 0 spiro atoms. The molecule has 0 heterocycles. The van der Waals surface area contributed by atoms with Crippen molar-refractivity contribution in [2.24, 2.45) is 5.92 Å². The summed E-state index contributed by atoms with van der Waals surface area (Å²) >= 11 is 0. The van der Waals surface area contributed by atoms with Crippen LogP contribution in [-0.4, -0.2) is 30.3 Å². The third-order valence-electron chi connectivity index (χ3n) is 4.42. The van der Waals surface area contributed by atoms with E-state index in [1.165, 1.54) is 6.92 Å². The average Bonchev–Trinajstić information content (AvgIpc) is 2.60. The van der Waals surface area contributed by atoms with Crippen molar-refractivity contribution in [3.63, 3.8) is 0 Å². The third kappa shape index (κ3) is 6.24. The van der Waals surface area contributed by atoms with Gasteiger partial charge in [-0.2, -0.15) is 13.2 Å². The van der Waals surface area contributed by atoms with E-state index in [0.29, 0.717) is 12.8 Å². The Bertz CT molecular complexity index is 607. The third-order valence-corrected chi connectivity index (χ3v) is 4.42. The number of alkyl carbamates (subject to hydrolysis) is 1. The maximum absolute atomic E-state index is 12.8. The number of alkyl halides is 3. The zero-order valence-electron chi connectivity index (χ0n) is 14.5. The predicted octanol–water partition coefficient (Wildman–Crippen LogP) is 3.54. The van der Waals surface area contributed by atoms with E-state index in [1.54, 1.807) is 12.1 Å². The summed E-state index contributed by atoms with van der Waals surface area (Å²) in [5, 5.41) is 4.98. The zero-order valence-corrected chi connectivity index (χ0v) is 14.5. The number of benzene rings is 1. The van der Waals surface area contributed by atoms with Crippen molar-refractivity contribution in [3.05, 3.63) is 35.9 Å². The molecule has 2 N–H and O–H groups in total. The van der Waals surface area contributed by atoms with E-state index in [1.807, 2.05) is 18.2 Å². The Morgan fingerprint density at radius 2 is 1.92 bits per heavy atom. The summed E-state index contributed by atoms with van der Waals surface area (Å²) in [7, 11) is 0. The van der Waals surface area contributed by atoms with Crippen LogP contribution >= 0.6 is 0 Å². The van der Waals surface area contributed by atoms with Gasteiger partial charge in [0.25, 0.3) is 0 Å². The van der Waals surface area contributed by atoms with Crippen LogP contribution in [0.1, 0.15) is 38.2 Å². The molecule has 2 rings (SSSR count). The van der Waals surface area contributed by atoms with Crippen molar-refractivity contribution >= 4 is 12.0 Å². The Balaban J connectivity index is 1.75. The van der Waals surface area contributed by atoms with Crippen LogP contribution in [-0.2, 0) is 16.1 Å². The highest BCUT2D eigenvalue weighted by molar-refractivity contribution is 5.85. The fourth-order valence-corrected chi connectivity index (χ4v) is 2.95. The molecule has 1 aliphatic carbocycles. The molecule has 144 valence electrons. The number of hydrogen-bond acceptors (Lipinski definition) is 3. The molecule has 1 saturated carbocycles. The lowest BCUT2D eigenvalue weighted by Gasteiger charge is -2.31. The molecule has 26 heavy (non-hydrogen) atoms. The predicted molar refractivity (Wildman–Crippen MR) is 89.2 cm³/mol. The summed E-state index contributed by atoms with van der Waals surface area (Å²) in [6.45, 7) is 1.53. The lowest BCUT2D eigenvalue weighted by molar-refractivity contribution is -0.184. The van der Waals surface area contributed by atoms with Crippen LogP contribution in [0.15, 0.2) is 30.3 Å². The van der Waals surface area contributed by atoms with E-state index in [0.717, 1.165) is 5.56 Å². The van der Waals surface area contributed by atoms with Crippen LogP contribution in [0, 0.1) is 5.92 Å². The molecule has 0 aliphatic heterocycles. The number of carbonyl (C=O) groups is 2. The molecule has 1 aliphatic rings. The molecule has 1 aromatic rings. The van der Waals surface area contributed by atoms with E-state index in [4.69, 9.17) is 4.74 Å². The zero-order chi connectivity index (χ0) is 19.2. The van der Waals surface area contributed by atoms with E-state index >= 15 is 0 Å². The Kier molecular flexibility index (Phi) is 6.88. The lowest BCUT2D eigenvalue weighted by atomic mass is 9.85. The summed E-state index contributed by atoms with van der Waals surface area (Å²) in [4.78, 5) is 23.9. The van der Waals surface area contributed by atoms with Crippen LogP contribution in [0.4, 0.5) is 18.0 Å². The van der Waals surface area contributed by atoms with Gasteiger partial charge in [-0.3, -0.25) is 4.79 Å². The highest BCUT2D eigenvalue weighted by Crippen LogP contribution is 2.37. The number of hydrogen-bond donors (Lipinski definition) is 2. The van der Waals surface area contributed by atoms with Crippen molar-refractivity contribution in [2.75, 3.05) is 0 Å². The largest absolute Gasteiger partial charge is 0.445 e. The van der Waals surface area contributed by atoms with E-state index in [2.05, 4.69) is 10.6 Å².